The summed E-state index contributed by atoms with van der Waals surface area (Å²) in [6.07, 6.45) is 4.66. The number of nitrogens with zero attached hydrogens (tertiary/aromatic N) is 26. The maximum Gasteiger partial charge on any atom is 0.267 e. The van der Waals surface area contributed by atoms with Gasteiger partial charge in [-0.1, -0.05) is 0 Å². The van der Waals surface area contributed by atoms with Gasteiger partial charge in [-0.25, -0.2) is 34.3 Å². The van der Waals surface area contributed by atoms with Crippen LogP contribution in [0.3, 0.4) is 0 Å². The highest BCUT2D eigenvalue weighted by molar-refractivity contribution is 6.05. The molecule has 578 valence electrons. The molecule has 0 unspecified atom stereocenters. The third kappa shape index (κ3) is 15.2. The van der Waals surface area contributed by atoms with E-state index in [9.17, 15) is 28.4 Å². The van der Waals surface area contributed by atoms with Crippen molar-refractivity contribution < 1.29 is 28.4 Å². The fourth-order valence-electron chi connectivity index (χ4n) is 13.1. The number of hydrogen-bond acceptors (Lipinski definition) is 24. The summed E-state index contributed by atoms with van der Waals surface area (Å²) in [4.78, 5) is 87.5. The first kappa shape index (κ1) is 75.3. The second-order valence-corrected chi connectivity index (χ2v) is 26.9. The maximum atomic E-state index is 13.1. The van der Waals surface area contributed by atoms with Crippen LogP contribution in [0.15, 0.2) is 79.3 Å². The predicted molar refractivity (Wildman–Crippen MR) is 411 cm³/mol. The van der Waals surface area contributed by atoms with Crippen LogP contribution in [-0.2, 0) is 51.6 Å². The van der Waals surface area contributed by atoms with Gasteiger partial charge in [-0.05, 0) is 123 Å². The molecule has 0 saturated carbocycles. The van der Waals surface area contributed by atoms with Crippen LogP contribution in [0.4, 0.5) is 4.39 Å². The van der Waals surface area contributed by atoms with Gasteiger partial charge in [-0.15, -0.1) is 0 Å². The molecule has 113 heavy (non-hydrogen) atoms. The molecule has 40 nitrogen and oxygen atoms in total. The predicted octanol–water partition coefficient (Wildman–Crippen LogP) is 5.76. The highest BCUT2D eigenvalue weighted by Crippen LogP contribution is 2.34. The molecule has 0 atom stereocenters. The molecule has 16 aromatic rings. The summed E-state index contributed by atoms with van der Waals surface area (Å²) >= 11 is 0. The second-order valence-electron chi connectivity index (χ2n) is 26.9. The number of aromatic nitrogens is 30. The highest BCUT2D eigenvalue weighted by atomic mass is 19.1. The Bertz CT molecular complexity index is 6150. The summed E-state index contributed by atoms with van der Waals surface area (Å²) in [6.45, 7) is 21.8. The fourth-order valence-corrected chi connectivity index (χ4v) is 13.1. The van der Waals surface area contributed by atoms with Gasteiger partial charge in [0.25, 0.3) is 11.8 Å². The van der Waals surface area contributed by atoms with Gasteiger partial charge >= 0.3 is 0 Å². The van der Waals surface area contributed by atoms with Crippen molar-refractivity contribution in [3.05, 3.63) is 130 Å². The number of carbonyl (C=O) groups excluding carboxylic acids is 5. The molecule has 17 rings (SSSR count). The number of hydrogen-bond donors (Lipinski definition) is 9. The first-order valence-corrected chi connectivity index (χ1v) is 35.8. The van der Waals surface area contributed by atoms with Gasteiger partial charge in [0.05, 0.1) is 70.0 Å². The van der Waals surface area contributed by atoms with Gasteiger partial charge < -0.3 is 22.9 Å². The summed E-state index contributed by atoms with van der Waals surface area (Å²) in [7, 11) is 3.54. The zero-order valence-corrected chi connectivity index (χ0v) is 63.3. The number of halogens is 1. The average Bonchev–Trinajstić information content (AvgIpc) is 1.65. The molecule has 0 radical (unpaired) electrons. The highest BCUT2D eigenvalue weighted by Gasteiger charge is 2.28. The van der Waals surface area contributed by atoms with Crippen LogP contribution in [0.25, 0.3) is 135 Å². The van der Waals surface area contributed by atoms with Gasteiger partial charge in [-0.3, -0.25) is 87.1 Å². The number of carbonyl (C=O) groups is 5. The van der Waals surface area contributed by atoms with E-state index >= 15 is 0 Å². The van der Waals surface area contributed by atoms with Crippen LogP contribution in [0.1, 0.15) is 104 Å². The lowest BCUT2D eigenvalue weighted by molar-refractivity contribution is -0.117. The van der Waals surface area contributed by atoms with Crippen molar-refractivity contribution in [2.75, 3.05) is 19.6 Å². The smallest absolute Gasteiger partial charge is 0.267 e. The number of H-pyrrole nitrogens is 5. The minimum atomic E-state index is -0.745. The monoisotopic (exact) mass is 1530 g/mol. The van der Waals surface area contributed by atoms with Crippen molar-refractivity contribution in [3.63, 3.8) is 0 Å². The van der Waals surface area contributed by atoms with Crippen molar-refractivity contribution in [1.82, 2.24) is 154 Å². The van der Waals surface area contributed by atoms with Crippen molar-refractivity contribution in [1.29, 1.82) is 0 Å². The summed E-state index contributed by atoms with van der Waals surface area (Å²) < 4.78 is 25.4. The topological polar surface area (TPSA) is 538 Å². The first-order valence-electron chi connectivity index (χ1n) is 35.8. The number of aromatic amines is 5. The van der Waals surface area contributed by atoms with E-state index in [0.29, 0.717) is 155 Å². The lowest BCUT2D eigenvalue weighted by Gasteiger charge is -2.34. The SMILES string of the molecule is CC(=O)CCn1nc(C)cc1-c1nc(-c2nc(C(N)=O)cc3c2cnn3C)n[nH]1.CCn1nc(C)cc1-c1nc(-c2cc(C(N)=O)cc3c(C)[nH]nc23)n[nH]1.CCn1nc(C)cc1-c1nc(-c2cc(C(N)=O)cc3c2cnn3CCN2CC(F)C2)n[nH]1.CCn1nc(C)cc1-c1nc(-c2nc(C(N)=O)cc3c2cnn3C)n[nH]1. The van der Waals surface area contributed by atoms with Gasteiger partial charge in [0.15, 0.2) is 34.9 Å². The number of fused-ring (bicyclic) bond motifs is 4. The van der Waals surface area contributed by atoms with Crippen LogP contribution in [-0.4, -0.2) is 209 Å². The van der Waals surface area contributed by atoms with Gasteiger partial charge in [0, 0.05) is 110 Å². The van der Waals surface area contributed by atoms with Crippen molar-refractivity contribution >= 4 is 73.0 Å². The van der Waals surface area contributed by atoms with Crippen LogP contribution in [0.2, 0.25) is 0 Å². The Morgan fingerprint density at radius 1 is 0.434 bits per heavy atom. The van der Waals surface area contributed by atoms with Crippen LogP contribution >= 0.6 is 0 Å². The Kier molecular flexibility index (Phi) is 20.5. The third-order valence-corrected chi connectivity index (χ3v) is 18.7. The molecule has 4 amide bonds. The van der Waals surface area contributed by atoms with Crippen LogP contribution in [0.5, 0.6) is 0 Å². The number of alkyl halides is 1. The van der Waals surface area contributed by atoms with E-state index in [1.165, 1.54) is 0 Å². The zero-order chi connectivity index (χ0) is 80.0. The summed E-state index contributed by atoms with van der Waals surface area (Å²) in [6, 6.07) is 17.7. The lowest BCUT2D eigenvalue weighted by atomic mass is 10.0. The van der Waals surface area contributed by atoms with Crippen molar-refractivity contribution in [2.45, 2.75) is 108 Å². The van der Waals surface area contributed by atoms with Crippen LogP contribution < -0.4 is 22.9 Å². The number of likely N-dealkylation sites (tertiary alicyclic amines) is 1. The van der Waals surface area contributed by atoms with E-state index in [2.05, 4.69) is 117 Å². The molecule has 1 fully saturated rings. The number of pyridine rings is 2. The Labute approximate surface area is 639 Å². The van der Waals surface area contributed by atoms with E-state index in [1.807, 2.05) is 98.6 Å². The molecule has 41 heteroatoms. The van der Waals surface area contributed by atoms with E-state index in [1.54, 1.807) is 94.7 Å². The molecule has 13 N–H and O–H groups in total. The molecular weight excluding hydrogens is 1450 g/mol. The van der Waals surface area contributed by atoms with Crippen molar-refractivity contribution in [2.24, 2.45) is 37.0 Å². The summed E-state index contributed by atoms with van der Waals surface area (Å²) in [5, 5.41) is 70.0. The number of primary amides is 4. The Balaban J connectivity index is 0.000000125. The number of nitrogens with one attached hydrogen (secondary N) is 5. The molecule has 2 aromatic carbocycles. The molecule has 15 heterocycles. The van der Waals surface area contributed by atoms with Crippen LogP contribution in [0, 0.1) is 34.6 Å². The number of rotatable bonds is 21. The molecule has 0 bridgehead atoms. The minimum Gasteiger partial charge on any atom is -0.366 e. The van der Waals surface area contributed by atoms with E-state index in [-0.39, 0.29) is 17.2 Å². The van der Waals surface area contributed by atoms with Gasteiger partial charge in [0.2, 0.25) is 23.5 Å². The first-order chi connectivity index (χ1) is 54.2. The number of Topliss-reactive ketones (excluding diaryl/α,β-unsaturated/α-hetero) is 1. The number of amides is 4. The van der Waals surface area contributed by atoms with E-state index in [0.717, 1.165) is 79.3 Å². The fraction of sp³-hybridized carbons (Fsp3) is 0.292. The quantitative estimate of drug-likeness (QED) is 0.0413. The molecule has 1 saturated heterocycles. The molecule has 1 aliphatic rings. The normalized spacial score (nSPS) is 12.3. The Hall–Kier alpha value is -14.5. The molecule has 0 aliphatic carbocycles. The number of ketones is 1. The zero-order valence-electron chi connectivity index (χ0n) is 63.3. The molecule has 1 aliphatic heterocycles. The summed E-state index contributed by atoms with van der Waals surface area (Å²) in [5.74, 6) is 1.56. The number of benzene rings is 2. The van der Waals surface area contributed by atoms with E-state index < -0.39 is 29.8 Å². The largest absolute Gasteiger partial charge is 0.366 e. The number of aryl methyl sites for hydroxylation is 11. The third-order valence-electron chi connectivity index (χ3n) is 18.7. The second kappa shape index (κ2) is 30.8. The van der Waals surface area contributed by atoms with Crippen molar-refractivity contribution in [3.8, 4) is 91.9 Å². The van der Waals surface area contributed by atoms with E-state index in [4.69, 9.17) is 22.9 Å². The van der Waals surface area contributed by atoms with Gasteiger partial charge in [-0.2, -0.15) is 61.2 Å². The Morgan fingerprint density at radius 3 is 1.29 bits per heavy atom. The summed E-state index contributed by atoms with van der Waals surface area (Å²) in [5.41, 5.74) is 35.5. The number of nitrogens with two attached hydrogens (primary N) is 4. The molecule has 14 aromatic heterocycles. The molecular formula is C72H78FN35O5. The average molecular weight is 1530 g/mol. The van der Waals surface area contributed by atoms with Gasteiger partial charge in [0.1, 0.15) is 63.0 Å². The Morgan fingerprint density at radius 2 is 0.850 bits per heavy atom. The lowest BCUT2D eigenvalue weighted by Crippen LogP contribution is -2.49. The molecule has 0 spiro atoms. The maximum absolute atomic E-state index is 13.1. The minimum absolute atomic E-state index is 0.0776. The standard InChI is InChI=1S/C21H24FN9O.C18H19N9O2.C17H18N8O.C16H17N9O/c1-3-30-18(6-12(2)28-30)21-25-20(26-27-21)15-7-13(19(23)32)8-17-16(15)9-24-31(17)5-4-29-10-14(22)11-29;1-9-6-14(27(25-9)5-4-10(2)28)17-22-18(24-23-17)15-11-8-20-26(3)13(11)7-12(21-15)16(19)29;1-4-25-13(5-8(2)24-25)17-19-16(22-23-17)12-7-10(15(18)26)6-11-9(3)20-21-14(11)12;1-4-25-12(5-8(2)23-25)15-20-16(22-21-15)13-9-7-18-24(3)11(9)6-10(19-13)14(17)26/h6-9,14H,3-5,10-11H2,1-2H3,(H2,23,32)(H,25,26,27);6-8H,4-5H2,1-3H3,(H2,19,29)(H,22,23,24);5-7H,4H2,1-3H3,(H2,18,26)(H,20,21)(H,19,22,23);5-7H,4H2,1-3H3,(H2,17,26)(H,20,21,22).